The summed E-state index contributed by atoms with van der Waals surface area (Å²) in [5.74, 6) is -0.527. The van der Waals surface area contributed by atoms with Gasteiger partial charge in [0, 0.05) is 15.7 Å². The fraction of sp³-hybridized carbons (Fsp3) is 0.462. The summed E-state index contributed by atoms with van der Waals surface area (Å²) in [6.45, 7) is 6.76. The molecule has 0 saturated heterocycles. The maximum absolute atomic E-state index is 12.5. The summed E-state index contributed by atoms with van der Waals surface area (Å²) < 4.78 is 25.3. The average Bonchev–Trinajstić information content (AvgIpc) is 2.24. The molecule has 1 aromatic carbocycles. The van der Waals surface area contributed by atoms with Gasteiger partial charge >= 0.3 is 0 Å². The number of nitrogens with one attached hydrogen (secondary N) is 1. The zero-order valence-corrected chi connectivity index (χ0v) is 14.3. The molecule has 5 nitrogen and oxygen atoms in total. The molecule has 3 N–H and O–H groups in total. The minimum absolute atomic E-state index is 0.0586. The minimum Gasteiger partial charge on any atom is -0.399 e. The summed E-state index contributed by atoms with van der Waals surface area (Å²) in [4.78, 5) is 12.1. The molecule has 0 bridgehead atoms. The second-order valence-corrected chi connectivity index (χ2v) is 8.71. The largest absolute Gasteiger partial charge is 0.399 e. The summed E-state index contributed by atoms with van der Waals surface area (Å²) >= 11 is 3.17. The summed E-state index contributed by atoms with van der Waals surface area (Å²) in [6.07, 6.45) is 0. The second-order valence-electron chi connectivity index (χ2n) is 5.62. The van der Waals surface area contributed by atoms with Gasteiger partial charge in [0.1, 0.15) is 5.25 Å². The molecule has 0 aliphatic rings. The molecule has 0 heterocycles. The molecule has 20 heavy (non-hydrogen) atoms. The normalized spacial score (nSPS) is 13.8. The van der Waals surface area contributed by atoms with Crippen molar-refractivity contribution in [1.29, 1.82) is 0 Å². The Labute approximate surface area is 128 Å². The molecule has 0 spiro atoms. The molecule has 7 heteroatoms. The Morgan fingerprint density at radius 1 is 1.35 bits per heavy atom. The molecule has 1 amide bonds. The summed E-state index contributed by atoms with van der Waals surface area (Å²) in [7, 11) is -3.77. The van der Waals surface area contributed by atoms with Crippen LogP contribution in [0.1, 0.15) is 27.7 Å². The number of halogens is 1. The lowest BCUT2D eigenvalue weighted by Crippen LogP contribution is -2.47. The topological polar surface area (TPSA) is 89.3 Å². The third-order valence-corrected chi connectivity index (χ3v) is 5.63. The van der Waals surface area contributed by atoms with Crippen LogP contribution in [-0.2, 0) is 14.6 Å². The van der Waals surface area contributed by atoms with E-state index in [2.05, 4.69) is 21.2 Å². The predicted molar refractivity (Wildman–Crippen MR) is 83.1 cm³/mol. The number of carbonyl (C=O) groups excluding carboxylic acids is 1. The van der Waals surface area contributed by atoms with E-state index < -0.39 is 26.5 Å². The van der Waals surface area contributed by atoms with Crippen LogP contribution in [-0.4, -0.2) is 25.1 Å². The maximum atomic E-state index is 12.5. The second kappa shape index (κ2) is 5.73. The van der Waals surface area contributed by atoms with Crippen molar-refractivity contribution in [2.45, 2.75) is 43.4 Å². The number of nitrogens with two attached hydrogens (primary N) is 1. The Morgan fingerprint density at radius 2 is 1.90 bits per heavy atom. The van der Waals surface area contributed by atoms with E-state index >= 15 is 0 Å². The minimum atomic E-state index is -3.77. The molecule has 1 aromatic rings. The quantitative estimate of drug-likeness (QED) is 0.805. The third-order valence-electron chi connectivity index (χ3n) is 2.60. The number of nitrogen functional groups attached to an aromatic ring is 1. The number of hydrogen-bond donors (Lipinski definition) is 2. The first-order valence-corrected chi connectivity index (χ1v) is 8.40. The van der Waals surface area contributed by atoms with Gasteiger partial charge in [-0.15, -0.1) is 0 Å². The van der Waals surface area contributed by atoms with Crippen LogP contribution in [0.3, 0.4) is 0 Å². The van der Waals surface area contributed by atoms with E-state index in [0.29, 0.717) is 10.2 Å². The van der Waals surface area contributed by atoms with Gasteiger partial charge in [-0.1, -0.05) is 0 Å². The first-order valence-electron chi connectivity index (χ1n) is 6.06. The highest BCUT2D eigenvalue weighted by Gasteiger charge is 2.32. The standard InChI is InChI=1S/C13H19BrN2O3S/c1-8(12(17)16-13(2,3)4)20(18,19)11-6-5-9(15)7-10(11)14/h5-8H,15H2,1-4H3,(H,16,17). The molecule has 0 fully saturated rings. The molecule has 112 valence electrons. The number of carbonyl (C=O) groups is 1. The van der Waals surface area contributed by atoms with Crippen LogP contribution in [0.2, 0.25) is 0 Å². The maximum Gasteiger partial charge on any atom is 0.238 e. The number of rotatable bonds is 3. The molecule has 0 aliphatic carbocycles. The highest BCUT2D eigenvalue weighted by atomic mass is 79.9. The van der Waals surface area contributed by atoms with E-state index in [-0.39, 0.29) is 4.90 Å². The molecule has 0 saturated carbocycles. The molecule has 0 radical (unpaired) electrons. The summed E-state index contributed by atoms with van der Waals surface area (Å²) in [5.41, 5.74) is 5.55. The fourth-order valence-electron chi connectivity index (χ4n) is 1.55. The highest BCUT2D eigenvalue weighted by molar-refractivity contribution is 9.10. The van der Waals surface area contributed by atoms with Crippen LogP contribution >= 0.6 is 15.9 Å². The van der Waals surface area contributed by atoms with Gasteiger partial charge in [0.15, 0.2) is 9.84 Å². The van der Waals surface area contributed by atoms with E-state index in [1.807, 2.05) is 0 Å². The van der Waals surface area contributed by atoms with Crippen molar-refractivity contribution in [2.24, 2.45) is 0 Å². The van der Waals surface area contributed by atoms with Crippen molar-refractivity contribution in [3.05, 3.63) is 22.7 Å². The van der Waals surface area contributed by atoms with E-state index in [0.717, 1.165) is 0 Å². The van der Waals surface area contributed by atoms with Gasteiger partial charge in [0.25, 0.3) is 0 Å². The van der Waals surface area contributed by atoms with Crippen molar-refractivity contribution in [2.75, 3.05) is 5.73 Å². The molecule has 0 aromatic heterocycles. The van der Waals surface area contributed by atoms with Crippen molar-refractivity contribution < 1.29 is 13.2 Å². The van der Waals surface area contributed by atoms with Gasteiger partial charge in [-0.25, -0.2) is 8.42 Å². The van der Waals surface area contributed by atoms with E-state index in [1.54, 1.807) is 20.8 Å². The molecule has 1 unspecified atom stereocenters. The molecular weight excluding hydrogens is 344 g/mol. The van der Waals surface area contributed by atoms with Gasteiger partial charge < -0.3 is 11.1 Å². The first-order chi connectivity index (χ1) is 8.95. The van der Waals surface area contributed by atoms with E-state index in [1.165, 1.54) is 25.1 Å². The highest BCUT2D eigenvalue weighted by Crippen LogP contribution is 2.27. The molecule has 1 rings (SSSR count). The Kier molecular flexibility index (Phi) is 4.86. The number of hydrogen-bond acceptors (Lipinski definition) is 4. The lowest BCUT2D eigenvalue weighted by molar-refractivity contribution is -0.121. The number of benzene rings is 1. The van der Waals surface area contributed by atoms with E-state index in [9.17, 15) is 13.2 Å². The Balaban J connectivity index is 3.13. The Hall–Kier alpha value is -1.08. The number of anilines is 1. The SMILES string of the molecule is CC(C(=O)NC(C)(C)C)S(=O)(=O)c1ccc(N)cc1Br. The fourth-order valence-corrected chi connectivity index (χ4v) is 3.93. The van der Waals surface area contributed by atoms with Crippen molar-refractivity contribution >= 4 is 37.4 Å². The summed E-state index contributed by atoms with van der Waals surface area (Å²) in [5, 5.41) is 1.49. The van der Waals surface area contributed by atoms with Gasteiger partial charge in [0.2, 0.25) is 5.91 Å². The molecule has 1 atom stereocenters. The smallest absolute Gasteiger partial charge is 0.238 e. The zero-order chi connectivity index (χ0) is 15.7. The summed E-state index contributed by atoms with van der Waals surface area (Å²) in [6, 6.07) is 4.39. The van der Waals surface area contributed by atoms with Crippen LogP contribution < -0.4 is 11.1 Å². The van der Waals surface area contributed by atoms with Crippen LogP contribution in [0.4, 0.5) is 5.69 Å². The lowest BCUT2D eigenvalue weighted by atomic mass is 10.1. The zero-order valence-electron chi connectivity index (χ0n) is 11.9. The molecular formula is C13H19BrN2O3S. The number of sulfone groups is 1. The lowest BCUT2D eigenvalue weighted by Gasteiger charge is -2.23. The van der Waals surface area contributed by atoms with Gasteiger partial charge in [-0.05, 0) is 61.8 Å². The predicted octanol–water partition coefficient (Wildman–Crippen LogP) is 2.11. The Morgan fingerprint density at radius 3 is 2.35 bits per heavy atom. The monoisotopic (exact) mass is 362 g/mol. The van der Waals surface area contributed by atoms with Crippen molar-refractivity contribution in [1.82, 2.24) is 5.32 Å². The number of amides is 1. The average molecular weight is 363 g/mol. The van der Waals surface area contributed by atoms with Gasteiger partial charge in [0.05, 0.1) is 4.90 Å². The van der Waals surface area contributed by atoms with Gasteiger partial charge in [-0.2, -0.15) is 0 Å². The van der Waals surface area contributed by atoms with Crippen LogP contribution in [0.5, 0.6) is 0 Å². The Bertz CT molecular complexity index is 621. The van der Waals surface area contributed by atoms with Crippen molar-refractivity contribution in [3.63, 3.8) is 0 Å². The van der Waals surface area contributed by atoms with Crippen LogP contribution in [0.25, 0.3) is 0 Å². The van der Waals surface area contributed by atoms with Crippen LogP contribution in [0, 0.1) is 0 Å². The van der Waals surface area contributed by atoms with Gasteiger partial charge in [-0.3, -0.25) is 4.79 Å². The van der Waals surface area contributed by atoms with E-state index in [4.69, 9.17) is 5.73 Å². The first kappa shape index (κ1) is 17.0. The van der Waals surface area contributed by atoms with Crippen LogP contribution in [0.15, 0.2) is 27.6 Å². The van der Waals surface area contributed by atoms with Crippen molar-refractivity contribution in [3.8, 4) is 0 Å². The third kappa shape index (κ3) is 3.96. The molecule has 0 aliphatic heterocycles.